The number of carbonyl (C=O) groups is 3. The first kappa shape index (κ1) is 36.7. The van der Waals surface area contributed by atoms with Crippen LogP contribution in [0.5, 0.6) is 0 Å². The maximum atomic E-state index is 14.0. The highest BCUT2D eigenvalue weighted by Crippen LogP contribution is 2.32. The molecule has 49 heavy (non-hydrogen) atoms. The number of hydrogen-bond donors (Lipinski definition) is 3. The Morgan fingerprint density at radius 1 is 0.959 bits per heavy atom. The summed E-state index contributed by atoms with van der Waals surface area (Å²) < 4.78 is 53.4. The van der Waals surface area contributed by atoms with E-state index in [-0.39, 0.29) is 50.8 Å². The van der Waals surface area contributed by atoms with Crippen LogP contribution in [0.1, 0.15) is 41.6 Å². The SMILES string of the molecule is CS(=O)(=O)c1cccc(S(=O)(=O)N2C[C@H](N3CCCCC3)CC2C(=O)N[C@@H](Cc2ccc(NC(=O)c3c(Cl)cncc3Cl)cc2)C(=O)O)c1. The molecule has 0 bridgehead atoms. The molecule has 2 aliphatic heterocycles. The molecule has 0 aliphatic carbocycles. The Kier molecular flexibility index (Phi) is 11.3. The maximum Gasteiger partial charge on any atom is 0.326 e. The highest BCUT2D eigenvalue weighted by atomic mass is 35.5. The molecule has 1 unspecified atom stereocenters. The monoisotopic (exact) mass is 751 g/mol. The molecule has 2 fully saturated rings. The van der Waals surface area contributed by atoms with Crippen LogP contribution in [0.25, 0.3) is 0 Å². The van der Waals surface area contributed by atoms with Gasteiger partial charge in [-0.25, -0.2) is 21.6 Å². The van der Waals surface area contributed by atoms with Gasteiger partial charge in [0.25, 0.3) is 5.91 Å². The lowest BCUT2D eigenvalue weighted by molar-refractivity contribution is -0.142. The number of carboxylic acid groups (broad SMARTS) is 1. The number of benzene rings is 2. The fourth-order valence-corrected chi connectivity index (χ4v) is 9.05. The summed E-state index contributed by atoms with van der Waals surface area (Å²) in [6, 6.07) is 8.32. The van der Waals surface area contributed by atoms with Crippen molar-refractivity contribution in [3.63, 3.8) is 0 Å². The fourth-order valence-electron chi connectivity index (χ4n) is 6.09. The summed E-state index contributed by atoms with van der Waals surface area (Å²) in [7, 11) is -8.08. The predicted octanol–water partition coefficient (Wildman–Crippen LogP) is 3.47. The molecule has 3 aromatic rings. The molecule has 0 radical (unpaired) electrons. The summed E-state index contributed by atoms with van der Waals surface area (Å²) in [5.41, 5.74) is 0.944. The van der Waals surface area contributed by atoms with Crippen LogP contribution >= 0.6 is 23.2 Å². The smallest absolute Gasteiger partial charge is 0.326 e. The Balaban J connectivity index is 1.34. The van der Waals surface area contributed by atoms with E-state index in [9.17, 15) is 36.3 Å². The summed E-state index contributed by atoms with van der Waals surface area (Å²) in [6.45, 7) is 1.48. The first-order valence-corrected chi connectivity index (χ1v) is 19.5. The van der Waals surface area contributed by atoms with Gasteiger partial charge < -0.3 is 15.7 Å². The second-order valence-electron chi connectivity index (χ2n) is 12.1. The fraction of sp³-hybridized carbons (Fsp3) is 0.375. The number of halogens is 2. The first-order chi connectivity index (χ1) is 23.1. The van der Waals surface area contributed by atoms with Crippen LogP contribution in [0.4, 0.5) is 5.69 Å². The van der Waals surface area contributed by atoms with E-state index in [1.54, 1.807) is 24.3 Å². The Hall–Kier alpha value is -3.60. The second-order valence-corrected chi connectivity index (χ2v) is 16.8. The zero-order valence-electron chi connectivity index (χ0n) is 26.4. The molecule has 0 saturated carbocycles. The maximum absolute atomic E-state index is 14.0. The molecule has 5 rings (SSSR count). The van der Waals surface area contributed by atoms with Crippen LogP contribution in [0.3, 0.4) is 0 Å². The molecule has 1 aromatic heterocycles. The van der Waals surface area contributed by atoms with Crippen molar-refractivity contribution in [2.75, 3.05) is 31.2 Å². The van der Waals surface area contributed by atoms with Crippen molar-refractivity contribution in [2.45, 2.75) is 60.0 Å². The molecule has 13 nitrogen and oxygen atoms in total. The summed E-state index contributed by atoms with van der Waals surface area (Å²) in [6.07, 6.45) is 6.48. The third kappa shape index (κ3) is 8.59. The van der Waals surface area contributed by atoms with E-state index in [2.05, 4.69) is 20.5 Å². The molecule has 2 aliphatic rings. The molecule has 2 amide bonds. The lowest BCUT2D eigenvalue weighted by Gasteiger charge is -2.32. The summed E-state index contributed by atoms with van der Waals surface area (Å²) in [5.74, 6) is -2.67. The van der Waals surface area contributed by atoms with Crippen molar-refractivity contribution in [2.24, 2.45) is 0 Å². The lowest BCUT2D eigenvalue weighted by Crippen LogP contribution is -2.51. The van der Waals surface area contributed by atoms with E-state index < -0.39 is 49.7 Å². The van der Waals surface area contributed by atoms with Crippen molar-refractivity contribution < 1.29 is 36.3 Å². The predicted molar refractivity (Wildman–Crippen MR) is 183 cm³/mol. The second kappa shape index (κ2) is 15.1. The zero-order valence-corrected chi connectivity index (χ0v) is 29.5. The number of carboxylic acids is 1. The van der Waals surface area contributed by atoms with Crippen molar-refractivity contribution in [3.8, 4) is 0 Å². The van der Waals surface area contributed by atoms with E-state index >= 15 is 0 Å². The zero-order chi connectivity index (χ0) is 35.5. The van der Waals surface area contributed by atoms with Gasteiger partial charge in [-0.15, -0.1) is 0 Å². The summed E-state index contributed by atoms with van der Waals surface area (Å²) >= 11 is 12.1. The minimum atomic E-state index is -4.36. The number of sulfone groups is 1. The minimum absolute atomic E-state index is 0.00956. The number of anilines is 1. The number of piperidine rings is 1. The first-order valence-electron chi connectivity index (χ1n) is 15.4. The van der Waals surface area contributed by atoms with Crippen molar-refractivity contribution in [3.05, 3.63) is 82.1 Å². The average Bonchev–Trinajstić information content (AvgIpc) is 3.52. The Labute approximate surface area is 294 Å². The van der Waals surface area contributed by atoms with E-state index in [4.69, 9.17) is 23.2 Å². The van der Waals surface area contributed by atoms with E-state index in [1.807, 2.05) is 0 Å². The number of amides is 2. The van der Waals surface area contributed by atoms with Gasteiger partial charge in [0.15, 0.2) is 9.84 Å². The van der Waals surface area contributed by atoms with E-state index in [1.165, 1.54) is 30.6 Å². The number of nitrogens with zero attached hydrogens (tertiary/aromatic N) is 3. The number of aliphatic carboxylic acids is 1. The number of pyridine rings is 1. The van der Waals surface area contributed by atoms with Crippen molar-refractivity contribution in [1.82, 2.24) is 19.5 Å². The van der Waals surface area contributed by atoms with Gasteiger partial charge in [0, 0.05) is 43.3 Å². The van der Waals surface area contributed by atoms with E-state index in [0.717, 1.165) is 49.0 Å². The number of likely N-dealkylation sites (tertiary alicyclic amines) is 1. The standard InChI is InChI=1S/C32H35Cl2N5O8S2/c1-48(44,45)23-6-5-7-24(16-23)49(46,47)39-19-22(38-12-3-2-4-13-38)15-28(39)30(40)37-27(32(42)43)14-20-8-10-21(11-9-20)36-31(41)29-25(33)17-35-18-26(29)34/h5-11,16-18,22,27-28H,2-4,12-15,19H2,1H3,(H,36,41)(H,37,40)(H,42,43)/t22-,27+,28?/m1/s1. The van der Waals surface area contributed by atoms with Crippen LogP contribution < -0.4 is 10.6 Å². The van der Waals surface area contributed by atoms with Crippen LogP contribution in [0, 0.1) is 0 Å². The molecule has 2 aromatic carbocycles. The summed E-state index contributed by atoms with van der Waals surface area (Å²) in [4.78, 5) is 44.4. The number of sulfonamides is 1. The van der Waals surface area contributed by atoms with Gasteiger partial charge in [-0.05, 0) is 68.2 Å². The quantitative estimate of drug-likeness (QED) is 0.262. The largest absolute Gasteiger partial charge is 0.480 e. The van der Waals surface area contributed by atoms with Crippen LogP contribution in [-0.2, 0) is 35.9 Å². The Bertz CT molecular complexity index is 1940. The van der Waals surface area contributed by atoms with Gasteiger partial charge in [-0.1, -0.05) is 47.8 Å². The Morgan fingerprint density at radius 2 is 1.59 bits per heavy atom. The minimum Gasteiger partial charge on any atom is -0.480 e. The topological polar surface area (TPSA) is 183 Å². The van der Waals surface area contributed by atoms with Gasteiger partial charge >= 0.3 is 5.97 Å². The van der Waals surface area contributed by atoms with Crippen LogP contribution in [0.15, 0.2) is 70.7 Å². The molecule has 2 saturated heterocycles. The molecule has 3 N–H and O–H groups in total. The van der Waals surface area contributed by atoms with Gasteiger partial charge in [-0.3, -0.25) is 19.5 Å². The van der Waals surface area contributed by atoms with Gasteiger partial charge in [0.05, 0.1) is 25.4 Å². The number of nitrogens with one attached hydrogen (secondary N) is 2. The molecule has 3 atom stereocenters. The average molecular weight is 753 g/mol. The van der Waals surface area contributed by atoms with Gasteiger partial charge in [0.1, 0.15) is 12.1 Å². The molecule has 17 heteroatoms. The van der Waals surface area contributed by atoms with Crippen molar-refractivity contribution >= 4 is 66.5 Å². The van der Waals surface area contributed by atoms with Crippen molar-refractivity contribution in [1.29, 1.82) is 0 Å². The number of rotatable bonds is 11. The number of hydrogen-bond acceptors (Lipinski definition) is 9. The van der Waals surface area contributed by atoms with Gasteiger partial charge in [-0.2, -0.15) is 4.31 Å². The third-order valence-electron chi connectivity index (χ3n) is 8.63. The molecule has 0 spiro atoms. The van der Waals surface area contributed by atoms with E-state index in [0.29, 0.717) is 11.3 Å². The van der Waals surface area contributed by atoms with Crippen LogP contribution in [-0.4, -0.2) is 97.9 Å². The molecular weight excluding hydrogens is 717 g/mol. The van der Waals surface area contributed by atoms with Crippen LogP contribution in [0.2, 0.25) is 10.0 Å². The van der Waals surface area contributed by atoms with Gasteiger partial charge in [0.2, 0.25) is 15.9 Å². The highest BCUT2D eigenvalue weighted by Gasteiger charge is 2.46. The third-order valence-corrected chi connectivity index (χ3v) is 12.2. The molecular formula is C32H35Cl2N5O8S2. The Morgan fingerprint density at radius 3 is 2.20 bits per heavy atom. The number of aromatic nitrogens is 1. The molecule has 262 valence electrons. The summed E-state index contributed by atoms with van der Waals surface area (Å²) in [5, 5.41) is 15.4. The normalized spacial score (nSPS) is 19.7. The lowest BCUT2D eigenvalue weighted by atomic mass is 10.0. The molecule has 3 heterocycles. The number of carbonyl (C=O) groups excluding carboxylic acids is 2. The highest BCUT2D eigenvalue weighted by molar-refractivity contribution is 7.91.